The second-order valence-corrected chi connectivity index (χ2v) is 6.24. The average molecular weight is 285 g/mol. The zero-order valence-electron chi connectivity index (χ0n) is 12.0. The molecule has 1 heterocycles. The molecule has 0 atom stereocenters. The number of aromatic nitrogens is 2. The third-order valence-electron chi connectivity index (χ3n) is 2.86. The van der Waals surface area contributed by atoms with Gasteiger partial charge < -0.3 is 9.47 Å². The standard InChI is InChI=1S/C14H21ClN2O2/c1-9-11(15)16-12(10-5-6-10)17-13(9)18-7-8-19-14(2,3)4/h10H,5-8H2,1-4H3. The van der Waals surface area contributed by atoms with E-state index in [0.29, 0.717) is 30.2 Å². The van der Waals surface area contributed by atoms with E-state index in [1.54, 1.807) is 0 Å². The van der Waals surface area contributed by atoms with E-state index in [1.165, 1.54) is 0 Å². The minimum atomic E-state index is -0.152. The monoisotopic (exact) mass is 284 g/mol. The third kappa shape index (κ3) is 4.32. The van der Waals surface area contributed by atoms with Crippen molar-refractivity contribution in [1.29, 1.82) is 0 Å². The molecule has 0 aliphatic heterocycles. The largest absolute Gasteiger partial charge is 0.475 e. The van der Waals surface area contributed by atoms with Crippen molar-refractivity contribution in [3.8, 4) is 5.88 Å². The first kappa shape index (κ1) is 14.5. The maximum Gasteiger partial charge on any atom is 0.221 e. The Morgan fingerprint density at radius 3 is 2.47 bits per heavy atom. The molecule has 0 radical (unpaired) electrons. The molecule has 1 fully saturated rings. The lowest BCUT2D eigenvalue weighted by molar-refractivity contribution is -0.0169. The van der Waals surface area contributed by atoms with Crippen molar-refractivity contribution >= 4 is 11.6 Å². The molecule has 5 heteroatoms. The fourth-order valence-electron chi connectivity index (χ4n) is 1.64. The summed E-state index contributed by atoms with van der Waals surface area (Å²) in [6.45, 7) is 8.93. The Morgan fingerprint density at radius 1 is 1.21 bits per heavy atom. The highest BCUT2D eigenvalue weighted by Gasteiger charge is 2.28. The molecule has 1 aliphatic carbocycles. The summed E-state index contributed by atoms with van der Waals surface area (Å²) >= 11 is 6.11. The van der Waals surface area contributed by atoms with Crippen molar-refractivity contribution in [1.82, 2.24) is 9.97 Å². The molecule has 0 unspecified atom stereocenters. The van der Waals surface area contributed by atoms with Crippen LogP contribution in [-0.4, -0.2) is 28.8 Å². The first-order chi connectivity index (χ1) is 8.87. The summed E-state index contributed by atoms with van der Waals surface area (Å²) in [6.07, 6.45) is 2.29. The second kappa shape index (κ2) is 5.63. The molecule has 0 aromatic carbocycles. The fourth-order valence-corrected chi connectivity index (χ4v) is 1.80. The van der Waals surface area contributed by atoms with E-state index in [2.05, 4.69) is 9.97 Å². The van der Waals surface area contributed by atoms with Gasteiger partial charge in [-0.2, -0.15) is 4.98 Å². The molecule has 1 aliphatic rings. The topological polar surface area (TPSA) is 44.2 Å². The van der Waals surface area contributed by atoms with Crippen LogP contribution in [0.4, 0.5) is 0 Å². The summed E-state index contributed by atoms with van der Waals surface area (Å²) in [6, 6.07) is 0. The summed E-state index contributed by atoms with van der Waals surface area (Å²) < 4.78 is 11.3. The van der Waals surface area contributed by atoms with Crippen LogP contribution in [0, 0.1) is 6.92 Å². The number of nitrogens with zero attached hydrogens (tertiary/aromatic N) is 2. The molecule has 19 heavy (non-hydrogen) atoms. The van der Waals surface area contributed by atoms with Crippen LogP contribution in [0.5, 0.6) is 5.88 Å². The molecule has 1 saturated carbocycles. The quantitative estimate of drug-likeness (QED) is 0.613. The Balaban J connectivity index is 1.95. The van der Waals surface area contributed by atoms with E-state index < -0.39 is 0 Å². The maximum absolute atomic E-state index is 6.11. The van der Waals surface area contributed by atoms with Crippen LogP contribution >= 0.6 is 11.6 Å². The summed E-state index contributed by atoms with van der Waals surface area (Å²) in [5.74, 6) is 1.85. The van der Waals surface area contributed by atoms with Gasteiger partial charge in [-0.25, -0.2) is 4.98 Å². The zero-order chi connectivity index (χ0) is 14.0. The molecule has 2 rings (SSSR count). The lowest BCUT2D eigenvalue weighted by Crippen LogP contribution is -2.22. The van der Waals surface area contributed by atoms with Gasteiger partial charge in [-0.3, -0.25) is 0 Å². The predicted octanol–water partition coefficient (Wildman–Crippen LogP) is 3.51. The van der Waals surface area contributed by atoms with E-state index in [9.17, 15) is 0 Å². The van der Waals surface area contributed by atoms with Crippen LogP contribution in [0.15, 0.2) is 0 Å². The molecule has 0 amide bonds. The smallest absolute Gasteiger partial charge is 0.221 e. The molecule has 1 aromatic rings. The highest BCUT2D eigenvalue weighted by molar-refractivity contribution is 6.30. The summed E-state index contributed by atoms with van der Waals surface area (Å²) in [5, 5.41) is 0.489. The Bertz CT molecular complexity index is 453. The van der Waals surface area contributed by atoms with Crippen molar-refractivity contribution < 1.29 is 9.47 Å². The van der Waals surface area contributed by atoms with Gasteiger partial charge in [0, 0.05) is 11.5 Å². The molecule has 0 bridgehead atoms. The predicted molar refractivity (Wildman–Crippen MR) is 75.0 cm³/mol. The Kier molecular flexibility index (Phi) is 4.31. The van der Waals surface area contributed by atoms with Gasteiger partial charge in [-0.05, 0) is 40.5 Å². The van der Waals surface area contributed by atoms with E-state index in [4.69, 9.17) is 21.1 Å². The van der Waals surface area contributed by atoms with Crippen LogP contribution in [0.1, 0.15) is 50.9 Å². The lowest BCUT2D eigenvalue weighted by atomic mass is 10.2. The number of ether oxygens (including phenoxy) is 2. The first-order valence-electron chi connectivity index (χ1n) is 6.67. The summed E-state index contributed by atoms with van der Waals surface area (Å²) in [5.41, 5.74) is 0.641. The highest BCUT2D eigenvalue weighted by Crippen LogP contribution is 2.39. The lowest BCUT2D eigenvalue weighted by Gasteiger charge is -2.19. The maximum atomic E-state index is 6.11. The summed E-state index contributed by atoms with van der Waals surface area (Å²) in [7, 11) is 0. The average Bonchev–Trinajstić information content (AvgIpc) is 3.12. The van der Waals surface area contributed by atoms with Gasteiger partial charge in [0.25, 0.3) is 0 Å². The number of halogens is 1. The number of hydrogen-bond acceptors (Lipinski definition) is 4. The zero-order valence-corrected chi connectivity index (χ0v) is 12.8. The number of rotatable bonds is 5. The van der Waals surface area contributed by atoms with E-state index in [-0.39, 0.29) is 5.60 Å². The van der Waals surface area contributed by atoms with Gasteiger partial charge >= 0.3 is 0 Å². The van der Waals surface area contributed by atoms with Crippen molar-refractivity contribution in [3.05, 3.63) is 16.5 Å². The van der Waals surface area contributed by atoms with Crippen molar-refractivity contribution in [2.45, 2.75) is 52.1 Å². The fraction of sp³-hybridized carbons (Fsp3) is 0.714. The molecule has 0 spiro atoms. The SMILES string of the molecule is Cc1c(Cl)nc(C2CC2)nc1OCCOC(C)(C)C. The molecule has 0 saturated heterocycles. The summed E-state index contributed by atoms with van der Waals surface area (Å²) in [4.78, 5) is 8.76. The van der Waals surface area contributed by atoms with Crippen molar-refractivity contribution in [2.75, 3.05) is 13.2 Å². The Labute approximate surface area is 119 Å². The van der Waals surface area contributed by atoms with Gasteiger partial charge in [-0.1, -0.05) is 11.6 Å². The van der Waals surface area contributed by atoms with Gasteiger partial charge in [0.05, 0.1) is 12.2 Å². The van der Waals surface area contributed by atoms with Gasteiger partial charge in [0.15, 0.2) is 0 Å². The van der Waals surface area contributed by atoms with Gasteiger partial charge in [0.2, 0.25) is 5.88 Å². The van der Waals surface area contributed by atoms with E-state index in [1.807, 2.05) is 27.7 Å². The van der Waals surface area contributed by atoms with Crippen molar-refractivity contribution in [3.63, 3.8) is 0 Å². The molecular weight excluding hydrogens is 264 g/mol. The van der Waals surface area contributed by atoms with Crippen LogP contribution < -0.4 is 4.74 Å². The highest BCUT2D eigenvalue weighted by atomic mass is 35.5. The van der Waals surface area contributed by atoms with Crippen LogP contribution in [0.3, 0.4) is 0 Å². The molecule has 4 nitrogen and oxygen atoms in total. The Hall–Kier alpha value is -0.870. The Morgan fingerprint density at radius 2 is 1.89 bits per heavy atom. The minimum absolute atomic E-state index is 0.152. The second-order valence-electron chi connectivity index (χ2n) is 5.89. The normalized spacial score (nSPS) is 15.6. The first-order valence-corrected chi connectivity index (χ1v) is 7.05. The molecular formula is C14H21ClN2O2. The van der Waals surface area contributed by atoms with E-state index >= 15 is 0 Å². The van der Waals surface area contributed by atoms with Crippen molar-refractivity contribution in [2.24, 2.45) is 0 Å². The molecule has 106 valence electrons. The molecule has 0 N–H and O–H groups in total. The van der Waals surface area contributed by atoms with Crippen LogP contribution in [0.2, 0.25) is 5.15 Å². The number of hydrogen-bond donors (Lipinski definition) is 0. The molecule has 1 aromatic heterocycles. The minimum Gasteiger partial charge on any atom is -0.475 e. The van der Waals surface area contributed by atoms with E-state index in [0.717, 1.165) is 24.2 Å². The third-order valence-corrected chi connectivity index (χ3v) is 3.23. The van der Waals surface area contributed by atoms with Gasteiger partial charge in [0.1, 0.15) is 17.6 Å². The van der Waals surface area contributed by atoms with Gasteiger partial charge in [-0.15, -0.1) is 0 Å². The van der Waals surface area contributed by atoms with Crippen LogP contribution in [-0.2, 0) is 4.74 Å². The van der Waals surface area contributed by atoms with Crippen LogP contribution in [0.25, 0.3) is 0 Å².